The third-order valence-corrected chi connectivity index (χ3v) is 6.11. The topological polar surface area (TPSA) is 112 Å². The van der Waals surface area contributed by atoms with Gasteiger partial charge in [0.05, 0.1) is 23.9 Å². The van der Waals surface area contributed by atoms with Crippen LogP contribution < -0.4 is 14.7 Å². The fourth-order valence-corrected chi connectivity index (χ4v) is 4.70. The monoisotopic (exact) mass is 420 g/mol. The number of nitrogens with one attached hydrogen (secondary N) is 1. The number of aryl methyl sites for hydroxylation is 3. The molecule has 1 saturated heterocycles. The fraction of sp³-hybridized carbons (Fsp3) is 0.474. The third-order valence-electron chi connectivity index (χ3n) is 4.71. The number of hydrogen-bond donors (Lipinski definition) is 1. The van der Waals surface area contributed by atoms with Gasteiger partial charge in [-0.25, -0.2) is 4.31 Å². The zero-order chi connectivity index (χ0) is 21.0. The molecular formula is C19H26N5O4S-. The Bertz CT molecular complexity index is 980. The molecule has 1 N–H and O–H groups in total. The predicted octanol–water partition coefficient (Wildman–Crippen LogP) is 1.35. The van der Waals surface area contributed by atoms with E-state index >= 15 is 0 Å². The molecule has 0 saturated carbocycles. The normalized spacial score (nSPS) is 16.0. The minimum absolute atomic E-state index is 0.347. The average molecular weight is 421 g/mol. The number of amidine groups is 1. The third kappa shape index (κ3) is 5.27. The molecule has 9 nitrogen and oxygen atoms in total. The van der Waals surface area contributed by atoms with Crippen molar-refractivity contribution in [3.63, 3.8) is 0 Å². The number of aromatic nitrogens is 2. The fourth-order valence-electron chi connectivity index (χ4n) is 3.41. The summed E-state index contributed by atoms with van der Waals surface area (Å²) in [5.41, 5.74) is 2.91. The highest BCUT2D eigenvalue weighted by Gasteiger charge is 2.32. The second kappa shape index (κ2) is 8.83. The maximum Gasteiger partial charge on any atom is 0.345 e. The second-order valence-corrected chi connectivity index (χ2v) is 8.54. The van der Waals surface area contributed by atoms with E-state index in [-0.39, 0.29) is 6.04 Å². The van der Waals surface area contributed by atoms with E-state index in [0.717, 1.165) is 17.5 Å². The van der Waals surface area contributed by atoms with Crippen LogP contribution in [0.15, 0.2) is 35.0 Å². The van der Waals surface area contributed by atoms with Crippen LogP contribution in [0, 0.1) is 6.92 Å². The number of anilines is 2. The first-order valence-corrected chi connectivity index (χ1v) is 10.9. The smallest absolute Gasteiger partial charge is 0.345 e. The van der Waals surface area contributed by atoms with Gasteiger partial charge >= 0.3 is 10.2 Å². The molecule has 0 atom stereocenters. The summed E-state index contributed by atoms with van der Waals surface area (Å²) in [6.07, 6.45) is 4.88. The Kier molecular flexibility index (Phi) is 6.43. The van der Waals surface area contributed by atoms with E-state index in [9.17, 15) is 13.5 Å². The molecule has 29 heavy (non-hydrogen) atoms. The van der Waals surface area contributed by atoms with Gasteiger partial charge in [0.15, 0.2) is 0 Å². The molecular weight excluding hydrogens is 394 g/mol. The van der Waals surface area contributed by atoms with Gasteiger partial charge in [-0.15, -0.1) is 4.40 Å². The van der Waals surface area contributed by atoms with Crippen molar-refractivity contribution in [3.8, 4) is 0 Å². The van der Waals surface area contributed by atoms with Crippen molar-refractivity contribution in [1.29, 1.82) is 0 Å². The van der Waals surface area contributed by atoms with Crippen molar-refractivity contribution < 1.29 is 18.3 Å². The van der Waals surface area contributed by atoms with Crippen LogP contribution in [0.1, 0.15) is 30.9 Å². The Balaban J connectivity index is 1.89. The van der Waals surface area contributed by atoms with E-state index < -0.39 is 16.2 Å². The van der Waals surface area contributed by atoms with Gasteiger partial charge in [-0.1, -0.05) is 13.0 Å². The van der Waals surface area contributed by atoms with Crippen LogP contribution in [0.25, 0.3) is 0 Å². The summed E-state index contributed by atoms with van der Waals surface area (Å²) in [7, 11) is -2.57. The molecule has 0 spiro atoms. The molecule has 0 aliphatic carbocycles. The van der Waals surface area contributed by atoms with Gasteiger partial charge < -0.3 is 15.2 Å². The Morgan fingerprint density at radius 2 is 2.10 bits per heavy atom. The Morgan fingerprint density at radius 3 is 2.72 bits per heavy atom. The lowest BCUT2D eigenvalue weighted by Gasteiger charge is -2.32. The van der Waals surface area contributed by atoms with Crippen LogP contribution in [-0.4, -0.2) is 43.5 Å². The zero-order valence-electron chi connectivity index (χ0n) is 16.8. The van der Waals surface area contributed by atoms with Crippen molar-refractivity contribution in [1.82, 2.24) is 9.78 Å². The van der Waals surface area contributed by atoms with Gasteiger partial charge in [-0.3, -0.25) is 4.68 Å². The van der Waals surface area contributed by atoms with E-state index in [1.165, 1.54) is 15.2 Å². The first kappa shape index (κ1) is 21.1. The largest absolute Gasteiger partial charge is 0.845 e. The summed E-state index contributed by atoms with van der Waals surface area (Å²) >= 11 is 0. The molecule has 158 valence electrons. The van der Waals surface area contributed by atoms with Crippen LogP contribution in [0.3, 0.4) is 0 Å². The Morgan fingerprint density at radius 1 is 1.38 bits per heavy atom. The van der Waals surface area contributed by atoms with Crippen molar-refractivity contribution in [2.75, 3.05) is 22.8 Å². The van der Waals surface area contributed by atoms with Gasteiger partial charge in [0, 0.05) is 32.1 Å². The lowest BCUT2D eigenvalue weighted by atomic mass is 10.1. The molecule has 3 rings (SSSR count). The van der Waals surface area contributed by atoms with Crippen molar-refractivity contribution >= 4 is 27.6 Å². The highest BCUT2D eigenvalue weighted by Crippen LogP contribution is 2.26. The van der Waals surface area contributed by atoms with Crippen LogP contribution in [0.5, 0.6) is 0 Å². The van der Waals surface area contributed by atoms with Crippen molar-refractivity contribution in [2.45, 2.75) is 39.2 Å². The number of nitrogens with zero attached hydrogens (tertiary/aromatic N) is 4. The molecule has 1 aliphatic rings. The predicted molar refractivity (Wildman–Crippen MR) is 110 cm³/mol. The lowest BCUT2D eigenvalue weighted by molar-refractivity contribution is -0.213. The number of rotatable bonds is 6. The molecule has 2 heterocycles. The molecule has 0 radical (unpaired) electrons. The summed E-state index contributed by atoms with van der Waals surface area (Å²) in [4.78, 5) is 0. The number of benzene rings is 1. The van der Waals surface area contributed by atoms with Crippen molar-refractivity contribution in [3.05, 3.63) is 41.7 Å². The molecule has 1 fully saturated rings. The van der Waals surface area contributed by atoms with E-state index in [1.807, 2.05) is 26.0 Å². The highest BCUT2D eigenvalue weighted by molar-refractivity contribution is 7.91. The molecule has 0 unspecified atom stereocenters. The Hall–Kier alpha value is -2.59. The minimum atomic E-state index is -4.27. The average Bonchev–Trinajstić information content (AvgIpc) is 3.06. The van der Waals surface area contributed by atoms with Crippen LogP contribution in [0.4, 0.5) is 11.4 Å². The van der Waals surface area contributed by atoms with Gasteiger partial charge in [-0.2, -0.15) is 13.5 Å². The summed E-state index contributed by atoms with van der Waals surface area (Å²) in [6, 6.07) is 4.32. The quantitative estimate of drug-likeness (QED) is 0.558. The van der Waals surface area contributed by atoms with Crippen LogP contribution >= 0.6 is 0 Å². The number of ether oxygens (including phenoxy) is 1. The molecule has 1 aromatic heterocycles. The molecule has 2 aromatic rings. The second-order valence-electron chi connectivity index (χ2n) is 7.07. The maximum absolute atomic E-state index is 13.1. The first-order chi connectivity index (χ1) is 13.8. The standard InChI is InChI=1S/C19H27N5O4S/c1-4-15-9-14(2)10-16(11-15)21-19(25)22-29(26,27)24(17-5-7-28-8-6-17)18-12-20-23(3)13-18/h9-13,17H,4-8H2,1-3H3,(H2,21,22,25)/p-1. The van der Waals surface area contributed by atoms with E-state index in [1.54, 1.807) is 19.3 Å². The zero-order valence-corrected chi connectivity index (χ0v) is 17.6. The first-order valence-electron chi connectivity index (χ1n) is 9.54. The molecule has 1 aliphatic heterocycles. The highest BCUT2D eigenvalue weighted by atomic mass is 32.2. The van der Waals surface area contributed by atoms with E-state index in [2.05, 4.69) is 14.8 Å². The van der Waals surface area contributed by atoms with Gasteiger partial charge in [0.1, 0.15) is 0 Å². The van der Waals surface area contributed by atoms with E-state index in [0.29, 0.717) is 37.4 Å². The molecule has 0 amide bonds. The Labute approximate surface area is 171 Å². The molecule has 0 bridgehead atoms. The molecule has 10 heteroatoms. The van der Waals surface area contributed by atoms with Gasteiger partial charge in [-0.05, 0) is 49.4 Å². The van der Waals surface area contributed by atoms with Gasteiger partial charge in [0.25, 0.3) is 0 Å². The number of hydrogen-bond acceptors (Lipinski definition) is 5. The summed E-state index contributed by atoms with van der Waals surface area (Å²) < 4.78 is 37.7. The van der Waals surface area contributed by atoms with Crippen LogP contribution in [-0.2, 0) is 28.4 Å². The maximum atomic E-state index is 13.1. The summed E-state index contributed by atoms with van der Waals surface area (Å²) in [6.45, 7) is 4.82. The molecule has 1 aromatic carbocycles. The van der Waals surface area contributed by atoms with Crippen molar-refractivity contribution in [2.24, 2.45) is 11.4 Å². The minimum Gasteiger partial charge on any atom is -0.845 e. The lowest BCUT2D eigenvalue weighted by Crippen LogP contribution is -2.44. The van der Waals surface area contributed by atoms with Crippen LogP contribution in [0.2, 0.25) is 0 Å². The summed E-state index contributed by atoms with van der Waals surface area (Å²) in [5, 5.41) is 19.1. The van der Waals surface area contributed by atoms with E-state index in [4.69, 9.17) is 4.74 Å². The summed E-state index contributed by atoms with van der Waals surface area (Å²) in [5.74, 6) is 0. The SMILES string of the molecule is CCc1cc(C)cc(N/C([O-])=N/S(=O)(=O)N(c2cnn(C)c2)C2CCOCC2)c1. The van der Waals surface area contributed by atoms with Gasteiger partial charge in [0.2, 0.25) is 0 Å².